The van der Waals surface area contributed by atoms with Gasteiger partial charge in [-0.05, 0) is 24.3 Å². The van der Waals surface area contributed by atoms with E-state index in [-0.39, 0.29) is 0 Å². The monoisotopic (exact) mass is 410 g/mol. The minimum absolute atomic E-state index is 0.572. The van der Waals surface area contributed by atoms with E-state index in [9.17, 15) is 0 Å². The maximum Gasteiger partial charge on any atom is 0.101 e. The molecule has 0 spiro atoms. The Hall–Kier alpha value is -4.94. The summed E-state index contributed by atoms with van der Waals surface area (Å²) in [7, 11) is 0. The van der Waals surface area contributed by atoms with E-state index in [4.69, 9.17) is 10.5 Å². The average Bonchev–Trinajstić information content (AvgIpc) is 2.88. The van der Waals surface area contributed by atoms with Gasteiger partial charge in [-0.25, -0.2) is 0 Å². The highest BCUT2D eigenvalue weighted by molar-refractivity contribution is 6.04. The summed E-state index contributed by atoms with van der Waals surface area (Å²) in [6.45, 7) is 0. The summed E-state index contributed by atoms with van der Waals surface area (Å²) in [4.78, 5) is 17.2. The Kier molecular flexibility index (Phi) is 4.80. The van der Waals surface area contributed by atoms with Crippen molar-refractivity contribution in [2.75, 3.05) is 0 Å². The first-order valence-corrected chi connectivity index (χ1v) is 9.84. The molecule has 4 heterocycles. The highest BCUT2D eigenvalue weighted by Gasteiger charge is 2.06. The van der Waals surface area contributed by atoms with Crippen LogP contribution in [0.1, 0.15) is 11.1 Å². The van der Waals surface area contributed by atoms with Crippen molar-refractivity contribution in [3.8, 4) is 12.1 Å². The number of fused-ring (bicyclic) bond motifs is 6. The molecule has 32 heavy (non-hydrogen) atoms. The second-order valence-corrected chi connectivity index (χ2v) is 7.06. The zero-order valence-electron chi connectivity index (χ0n) is 16.8. The van der Waals surface area contributed by atoms with Crippen molar-refractivity contribution in [2.45, 2.75) is 0 Å². The number of hydrogen-bond donors (Lipinski definition) is 0. The van der Waals surface area contributed by atoms with Gasteiger partial charge in [0.2, 0.25) is 0 Å². The van der Waals surface area contributed by atoms with Crippen LogP contribution < -0.4 is 0 Å². The molecule has 0 unspecified atom stereocenters. The third-order valence-corrected chi connectivity index (χ3v) is 5.16. The molecule has 148 valence electrons. The minimum atomic E-state index is 0.572. The molecule has 0 aliphatic heterocycles. The van der Waals surface area contributed by atoms with Crippen LogP contribution in [0.25, 0.3) is 43.6 Å². The molecule has 6 rings (SSSR count). The maximum atomic E-state index is 9.01. The van der Waals surface area contributed by atoms with Crippen LogP contribution in [0, 0.1) is 22.7 Å². The quantitative estimate of drug-likeness (QED) is 0.315. The molecule has 0 N–H and O–H groups in total. The van der Waals surface area contributed by atoms with E-state index in [0.29, 0.717) is 11.1 Å². The van der Waals surface area contributed by atoms with Gasteiger partial charge in [0.25, 0.3) is 0 Å². The van der Waals surface area contributed by atoms with Crippen LogP contribution in [0.5, 0.6) is 0 Å². The summed E-state index contributed by atoms with van der Waals surface area (Å²) < 4.78 is 0. The first-order chi connectivity index (χ1) is 15.8. The van der Waals surface area contributed by atoms with Crippen molar-refractivity contribution < 1.29 is 0 Å². The lowest BCUT2D eigenvalue weighted by molar-refractivity contribution is 1.35. The van der Waals surface area contributed by atoms with Crippen molar-refractivity contribution in [1.82, 2.24) is 19.9 Å². The molecule has 4 aromatic heterocycles. The topological polar surface area (TPSA) is 99.1 Å². The van der Waals surface area contributed by atoms with Gasteiger partial charge in [0.1, 0.15) is 6.07 Å². The Morgan fingerprint density at radius 3 is 1.91 bits per heavy atom. The lowest BCUT2D eigenvalue weighted by Crippen LogP contribution is -1.87. The number of pyridine rings is 4. The molecule has 0 saturated heterocycles. The van der Waals surface area contributed by atoms with Gasteiger partial charge in [-0.1, -0.05) is 36.4 Å². The van der Waals surface area contributed by atoms with E-state index in [1.54, 1.807) is 30.9 Å². The first kappa shape index (κ1) is 19.0. The van der Waals surface area contributed by atoms with E-state index < -0.39 is 0 Å². The molecular weight excluding hydrogens is 396 g/mol. The third-order valence-electron chi connectivity index (χ3n) is 5.16. The summed E-state index contributed by atoms with van der Waals surface area (Å²) >= 11 is 0. The van der Waals surface area contributed by atoms with Crippen LogP contribution in [-0.2, 0) is 0 Å². The van der Waals surface area contributed by atoms with Crippen molar-refractivity contribution in [3.63, 3.8) is 0 Å². The van der Waals surface area contributed by atoms with Gasteiger partial charge in [0.15, 0.2) is 0 Å². The van der Waals surface area contributed by atoms with Crippen LogP contribution in [0.3, 0.4) is 0 Å². The SMILES string of the molecule is N#Cc1ccnc2c1ccc1cccnc12.N#Cc1cnc2c(ccc3cccnc32)c1. The zero-order valence-corrected chi connectivity index (χ0v) is 16.8. The Balaban J connectivity index is 0.000000135. The number of nitrogens with zero attached hydrogens (tertiary/aromatic N) is 6. The second kappa shape index (κ2) is 8.06. The van der Waals surface area contributed by atoms with Gasteiger partial charge in [0.05, 0.1) is 39.3 Å². The largest absolute Gasteiger partial charge is 0.254 e. The summed E-state index contributed by atoms with van der Waals surface area (Å²) in [5, 5.41) is 21.7. The van der Waals surface area contributed by atoms with Crippen molar-refractivity contribution in [1.29, 1.82) is 10.5 Å². The normalized spacial score (nSPS) is 10.4. The third kappa shape index (κ3) is 3.32. The van der Waals surface area contributed by atoms with Crippen LogP contribution in [-0.4, -0.2) is 19.9 Å². The predicted molar refractivity (Wildman–Crippen MR) is 124 cm³/mol. The number of hydrogen-bond acceptors (Lipinski definition) is 6. The first-order valence-electron chi connectivity index (χ1n) is 9.84. The molecule has 6 aromatic rings. The van der Waals surface area contributed by atoms with Crippen LogP contribution in [0.2, 0.25) is 0 Å². The highest BCUT2D eigenvalue weighted by atomic mass is 14.7. The molecule has 0 radical (unpaired) electrons. The van der Waals surface area contributed by atoms with Gasteiger partial charge in [0, 0.05) is 46.3 Å². The second-order valence-electron chi connectivity index (χ2n) is 7.06. The van der Waals surface area contributed by atoms with E-state index in [0.717, 1.165) is 43.6 Å². The Morgan fingerprint density at radius 2 is 1.19 bits per heavy atom. The van der Waals surface area contributed by atoms with Gasteiger partial charge in [-0.2, -0.15) is 10.5 Å². The van der Waals surface area contributed by atoms with E-state index >= 15 is 0 Å². The smallest absolute Gasteiger partial charge is 0.101 e. The molecule has 0 atom stereocenters. The number of nitriles is 2. The number of benzene rings is 2. The number of rotatable bonds is 0. The van der Waals surface area contributed by atoms with Gasteiger partial charge >= 0.3 is 0 Å². The van der Waals surface area contributed by atoms with Crippen LogP contribution in [0.4, 0.5) is 0 Å². The Bertz CT molecular complexity index is 1710. The molecular formula is C26H14N6. The van der Waals surface area contributed by atoms with E-state index in [1.165, 1.54) is 0 Å². The fraction of sp³-hybridized carbons (Fsp3) is 0. The van der Waals surface area contributed by atoms with E-state index in [1.807, 2.05) is 54.6 Å². The lowest BCUT2D eigenvalue weighted by atomic mass is 10.1. The predicted octanol–water partition coefficient (Wildman–Crippen LogP) is 5.31. The fourth-order valence-corrected chi connectivity index (χ4v) is 3.65. The van der Waals surface area contributed by atoms with Crippen LogP contribution >= 0.6 is 0 Å². The molecule has 0 saturated carbocycles. The molecule has 0 bridgehead atoms. The maximum absolute atomic E-state index is 9.01. The molecule has 6 nitrogen and oxygen atoms in total. The van der Waals surface area contributed by atoms with Crippen molar-refractivity contribution >= 4 is 43.6 Å². The summed E-state index contributed by atoms with van der Waals surface area (Å²) in [5.74, 6) is 0. The van der Waals surface area contributed by atoms with Gasteiger partial charge in [-0.15, -0.1) is 0 Å². The zero-order chi connectivity index (χ0) is 21.9. The Morgan fingerprint density at radius 1 is 0.562 bits per heavy atom. The Labute approximate surface area is 183 Å². The van der Waals surface area contributed by atoms with Gasteiger partial charge < -0.3 is 0 Å². The molecule has 0 amide bonds. The lowest BCUT2D eigenvalue weighted by Gasteiger charge is -2.02. The summed E-state index contributed by atoms with van der Waals surface area (Å²) in [5.41, 5.74) is 4.57. The summed E-state index contributed by atoms with van der Waals surface area (Å²) in [6, 6.07) is 23.4. The molecule has 6 heteroatoms. The molecule has 0 aliphatic rings. The highest BCUT2D eigenvalue weighted by Crippen LogP contribution is 2.24. The van der Waals surface area contributed by atoms with Crippen molar-refractivity contribution in [2.24, 2.45) is 0 Å². The van der Waals surface area contributed by atoms with E-state index in [2.05, 4.69) is 32.1 Å². The minimum Gasteiger partial charge on any atom is -0.254 e. The standard InChI is InChI=1S/2C13H7N3/c14-8-10-5-7-16-13-11(10)4-3-9-2-1-6-15-12(9)13;14-7-9-6-11-4-3-10-2-1-5-15-12(10)13(11)16-8-9/h1-7H;1-6,8H. The summed E-state index contributed by atoms with van der Waals surface area (Å²) in [6.07, 6.45) is 6.72. The van der Waals surface area contributed by atoms with Gasteiger partial charge in [-0.3, -0.25) is 19.9 Å². The average molecular weight is 410 g/mol. The van der Waals surface area contributed by atoms with Crippen molar-refractivity contribution in [3.05, 3.63) is 96.6 Å². The molecule has 0 fully saturated rings. The molecule has 2 aromatic carbocycles. The fourth-order valence-electron chi connectivity index (χ4n) is 3.65. The van der Waals surface area contributed by atoms with Crippen LogP contribution in [0.15, 0.2) is 85.5 Å². The molecule has 0 aliphatic carbocycles. The number of aromatic nitrogens is 4.